The fraction of sp³-hybridized carbons (Fsp3) is 0.410. The number of unbranched alkanes of at least 4 members (excludes halogenated alkanes) is 26. The van der Waals surface area contributed by atoms with Crippen LogP contribution in [0, 0.1) is 11.6 Å². The Kier molecular flexibility index (Phi) is 29.7. The summed E-state index contributed by atoms with van der Waals surface area (Å²) in [6.07, 6.45) is 39.7. The highest BCUT2D eigenvalue weighted by molar-refractivity contribution is 5.94. The van der Waals surface area contributed by atoms with E-state index in [4.69, 9.17) is 18.9 Å². The molecule has 0 radical (unpaired) electrons. The van der Waals surface area contributed by atoms with Crippen LogP contribution in [0.15, 0.2) is 158 Å². The van der Waals surface area contributed by atoms with Crippen molar-refractivity contribution < 1.29 is 46.9 Å². The van der Waals surface area contributed by atoms with Gasteiger partial charge in [0.05, 0.1) is 22.3 Å². The van der Waals surface area contributed by atoms with Gasteiger partial charge < -0.3 is 18.9 Å². The van der Waals surface area contributed by atoms with E-state index in [9.17, 15) is 19.2 Å². The molecule has 0 amide bonds. The maximum atomic E-state index is 15.3. The summed E-state index contributed by atoms with van der Waals surface area (Å²) in [5, 5.41) is 0. The summed E-state index contributed by atoms with van der Waals surface area (Å²) in [6.45, 7) is 4.53. The molecule has 0 saturated heterocycles. The topological polar surface area (TPSA) is 105 Å². The first-order valence-corrected chi connectivity index (χ1v) is 33.0. The van der Waals surface area contributed by atoms with Gasteiger partial charge in [0.25, 0.3) is 0 Å². The Morgan fingerprint density at radius 3 is 0.841 bits per heavy atom. The molecule has 7 aromatic carbocycles. The van der Waals surface area contributed by atoms with Gasteiger partial charge in [0.1, 0.15) is 11.5 Å². The predicted octanol–water partition coefficient (Wildman–Crippen LogP) is 22.2. The van der Waals surface area contributed by atoms with Crippen molar-refractivity contribution in [2.75, 3.05) is 0 Å². The lowest BCUT2D eigenvalue weighted by atomic mass is 10.00. The van der Waals surface area contributed by atoms with Crippen molar-refractivity contribution in [2.24, 2.45) is 0 Å². The largest absolute Gasteiger partial charge is 0.423 e. The van der Waals surface area contributed by atoms with Crippen LogP contribution in [0.4, 0.5) is 8.78 Å². The molecule has 0 bridgehead atoms. The van der Waals surface area contributed by atoms with Crippen LogP contribution in [0.25, 0.3) is 22.3 Å². The number of benzene rings is 7. The number of rotatable bonds is 40. The Bertz CT molecular complexity index is 2990. The molecule has 0 spiro atoms. The number of hydrogen-bond donors (Lipinski definition) is 0. The number of ether oxygens (including phenoxy) is 4. The minimum absolute atomic E-state index is 0.0317. The van der Waals surface area contributed by atoms with E-state index in [1.165, 1.54) is 239 Å². The van der Waals surface area contributed by atoms with Crippen LogP contribution in [0.5, 0.6) is 23.0 Å². The fourth-order valence-corrected chi connectivity index (χ4v) is 11.0. The molecular formula is C78H92F2O8. The molecule has 0 aromatic heterocycles. The first-order chi connectivity index (χ1) is 43.1. The Morgan fingerprint density at radius 1 is 0.284 bits per heavy atom. The molecule has 0 saturated carbocycles. The normalized spacial score (nSPS) is 11.1. The Hall–Kier alpha value is -7.72. The quantitative estimate of drug-likeness (QED) is 0.0212. The zero-order chi connectivity index (χ0) is 62.0. The SMILES string of the molecule is CCCCCCCCCCCCCCCCc1ccc(-c2ccc(C(=O)Oc3ccc(C(=O)Oc4cccc(OC(=O)c5ccc(OC(=O)c6ccc(-c7ccc(CCCCCCCCCCCCCCCC)cc7)cc6)c(F)c5)c4)cc3F)cc2)cc1. The number of halogens is 2. The van der Waals surface area contributed by atoms with Crippen molar-refractivity contribution in [1.29, 1.82) is 0 Å². The van der Waals surface area contributed by atoms with Crippen LogP contribution in [0.3, 0.4) is 0 Å². The van der Waals surface area contributed by atoms with Crippen molar-refractivity contribution in [3.05, 3.63) is 203 Å². The van der Waals surface area contributed by atoms with Crippen molar-refractivity contribution in [2.45, 2.75) is 206 Å². The lowest BCUT2D eigenvalue weighted by Crippen LogP contribution is -2.12. The fourth-order valence-electron chi connectivity index (χ4n) is 11.0. The number of carbonyl (C=O) groups excluding carboxylic acids is 4. The predicted molar refractivity (Wildman–Crippen MR) is 351 cm³/mol. The average Bonchev–Trinajstić information content (AvgIpc) is 3.02. The molecule has 466 valence electrons. The summed E-state index contributed by atoms with van der Waals surface area (Å²) < 4.78 is 52.3. The number of esters is 4. The molecule has 0 N–H and O–H groups in total. The Balaban J connectivity index is 0.781. The van der Waals surface area contributed by atoms with E-state index in [-0.39, 0.29) is 45.3 Å². The second kappa shape index (κ2) is 38.5. The Morgan fingerprint density at radius 2 is 0.545 bits per heavy atom. The third kappa shape index (κ3) is 23.8. The van der Waals surface area contributed by atoms with Crippen LogP contribution in [0.2, 0.25) is 0 Å². The van der Waals surface area contributed by atoms with Crippen molar-refractivity contribution >= 4 is 23.9 Å². The highest BCUT2D eigenvalue weighted by atomic mass is 19.1. The molecule has 10 heteroatoms. The molecule has 0 aliphatic carbocycles. The van der Waals surface area contributed by atoms with Crippen LogP contribution >= 0.6 is 0 Å². The van der Waals surface area contributed by atoms with E-state index >= 15 is 8.78 Å². The van der Waals surface area contributed by atoms with Crippen LogP contribution in [-0.4, -0.2) is 23.9 Å². The van der Waals surface area contributed by atoms with Gasteiger partial charge in [-0.3, -0.25) is 0 Å². The Labute approximate surface area is 522 Å². The van der Waals surface area contributed by atoms with Crippen molar-refractivity contribution in [3.63, 3.8) is 0 Å². The molecule has 0 aliphatic heterocycles. The summed E-state index contributed by atoms with van der Waals surface area (Å²) in [6, 6.07) is 43.0. The van der Waals surface area contributed by atoms with Gasteiger partial charge in [-0.1, -0.05) is 260 Å². The molecule has 0 atom stereocenters. The molecule has 0 fully saturated rings. The summed E-state index contributed by atoms with van der Waals surface area (Å²) in [4.78, 5) is 52.4. The summed E-state index contributed by atoms with van der Waals surface area (Å²) >= 11 is 0. The summed E-state index contributed by atoms with van der Waals surface area (Å²) in [5.41, 5.74) is 6.61. The van der Waals surface area contributed by atoms with Crippen LogP contribution < -0.4 is 18.9 Å². The molecule has 7 rings (SSSR count). The van der Waals surface area contributed by atoms with Crippen LogP contribution in [-0.2, 0) is 12.8 Å². The third-order valence-electron chi connectivity index (χ3n) is 16.4. The van der Waals surface area contributed by atoms with Gasteiger partial charge in [0.15, 0.2) is 23.1 Å². The van der Waals surface area contributed by atoms with E-state index in [1.54, 1.807) is 24.3 Å². The highest BCUT2D eigenvalue weighted by Crippen LogP contribution is 2.29. The molecule has 0 unspecified atom stereocenters. The maximum absolute atomic E-state index is 15.3. The van der Waals surface area contributed by atoms with E-state index in [0.29, 0.717) is 0 Å². The molecular weight excluding hydrogens is 1100 g/mol. The van der Waals surface area contributed by atoms with Gasteiger partial charge in [-0.25, -0.2) is 28.0 Å². The molecule has 0 aliphatic rings. The second-order valence-electron chi connectivity index (χ2n) is 23.6. The zero-order valence-corrected chi connectivity index (χ0v) is 52.2. The molecule has 0 heterocycles. The first-order valence-electron chi connectivity index (χ1n) is 33.0. The van der Waals surface area contributed by atoms with Gasteiger partial charge in [-0.15, -0.1) is 0 Å². The monoisotopic (exact) mass is 1190 g/mol. The molecule has 7 aromatic rings. The lowest BCUT2D eigenvalue weighted by molar-refractivity contribution is 0.0716. The minimum Gasteiger partial charge on any atom is -0.423 e. The maximum Gasteiger partial charge on any atom is 0.343 e. The van der Waals surface area contributed by atoms with Gasteiger partial charge in [-0.2, -0.15) is 0 Å². The molecule has 8 nitrogen and oxygen atoms in total. The van der Waals surface area contributed by atoms with E-state index in [0.717, 1.165) is 47.2 Å². The zero-order valence-electron chi connectivity index (χ0n) is 52.2. The number of hydrogen-bond acceptors (Lipinski definition) is 8. The van der Waals surface area contributed by atoms with Gasteiger partial charge >= 0.3 is 23.9 Å². The standard InChI is InChI=1S/C78H92F2O8/c1-3-5-7-9-11-13-15-17-19-21-23-25-27-29-32-59-36-40-61(41-37-59)63-44-48-65(49-45-63)75(81)87-73-54-52-67(56-71(73)79)77(83)85-69-34-31-35-70(58-69)86-78(84)68-53-55-74(72(80)57-68)88-76(82)66-50-46-64(47-51-66)62-42-38-60(39-43-62)33-30-28-26-24-22-20-18-16-14-12-10-8-6-4-2/h31,34-58H,3-30,32-33H2,1-2H3. The molecule has 88 heavy (non-hydrogen) atoms. The lowest BCUT2D eigenvalue weighted by Gasteiger charge is -2.10. The minimum atomic E-state index is -0.958. The van der Waals surface area contributed by atoms with E-state index in [1.807, 2.05) is 24.3 Å². The summed E-state index contributed by atoms with van der Waals surface area (Å²) in [7, 11) is 0. The number of aryl methyl sites for hydroxylation is 2. The first kappa shape index (κ1) is 67.8. The van der Waals surface area contributed by atoms with Gasteiger partial charge in [-0.05, 0) is 132 Å². The smallest absolute Gasteiger partial charge is 0.343 e. The van der Waals surface area contributed by atoms with Crippen molar-refractivity contribution in [3.8, 4) is 45.3 Å². The third-order valence-corrected chi connectivity index (χ3v) is 16.4. The van der Waals surface area contributed by atoms with Gasteiger partial charge in [0.2, 0.25) is 0 Å². The van der Waals surface area contributed by atoms with Crippen LogP contribution in [0.1, 0.15) is 246 Å². The van der Waals surface area contributed by atoms with Crippen molar-refractivity contribution in [1.82, 2.24) is 0 Å². The second-order valence-corrected chi connectivity index (χ2v) is 23.6. The number of carbonyl (C=O) groups is 4. The average molecular weight is 1200 g/mol. The van der Waals surface area contributed by atoms with E-state index in [2.05, 4.69) is 62.4 Å². The van der Waals surface area contributed by atoms with Gasteiger partial charge in [0, 0.05) is 6.07 Å². The summed E-state index contributed by atoms with van der Waals surface area (Å²) in [5.74, 6) is -6.12. The highest BCUT2D eigenvalue weighted by Gasteiger charge is 2.20. The van der Waals surface area contributed by atoms with E-state index < -0.39 is 35.5 Å².